The van der Waals surface area contributed by atoms with Crippen molar-refractivity contribution in [3.8, 4) is 5.75 Å². The van der Waals surface area contributed by atoms with Crippen LogP contribution in [0.25, 0.3) is 0 Å². The molecule has 21 heavy (non-hydrogen) atoms. The van der Waals surface area contributed by atoms with Crippen molar-refractivity contribution in [2.75, 3.05) is 12.4 Å². The molecule has 8 nitrogen and oxygen atoms in total. The van der Waals surface area contributed by atoms with Gasteiger partial charge in [0.25, 0.3) is 0 Å². The maximum Gasteiger partial charge on any atom is 0.408 e. The highest BCUT2D eigenvalue weighted by atomic mass is 35.5. The van der Waals surface area contributed by atoms with Gasteiger partial charge < -0.3 is 20.2 Å². The molecule has 0 fully saturated rings. The number of carbonyl (C=O) groups excluding carboxylic acids is 1. The lowest BCUT2D eigenvalue weighted by molar-refractivity contribution is -0.389. The van der Waals surface area contributed by atoms with Crippen LogP contribution in [0.2, 0.25) is 5.02 Å². The molecule has 1 N–H and O–H groups in total. The lowest BCUT2D eigenvalue weighted by Crippen LogP contribution is -2.19. The molecule has 0 aliphatic carbocycles. The summed E-state index contributed by atoms with van der Waals surface area (Å²) >= 11 is 5.65. The van der Waals surface area contributed by atoms with Crippen LogP contribution < -0.4 is 10.1 Å². The number of amides is 1. The van der Waals surface area contributed by atoms with Crippen molar-refractivity contribution >= 4 is 29.0 Å². The summed E-state index contributed by atoms with van der Waals surface area (Å²) in [7, 11) is 1.54. The van der Waals surface area contributed by atoms with E-state index in [-0.39, 0.29) is 17.5 Å². The fourth-order valence-electron chi connectivity index (χ4n) is 1.61. The van der Waals surface area contributed by atoms with Gasteiger partial charge in [0.05, 0.1) is 18.4 Å². The summed E-state index contributed by atoms with van der Waals surface area (Å²) in [5, 5.41) is 16.7. The van der Waals surface area contributed by atoms with Crippen LogP contribution in [0.3, 0.4) is 0 Å². The Morgan fingerprint density at radius 2 is 2.14 bits per heavy atom. The van der Waals surface area contributed by atoms with Gasteiger partial charge in [0.1, 0.15) is 12.3 Å². The third-order valence-electron chi connectivity index (χ3n) is 2.55. The first-order chi connectivity index (χ1) is 9.99. The highest BCUT2D eigenvalue weighted by molar-refractivity contribution is 6.32. The van der Waals surface area contributed by atoms with E-state index in [2.05, 4.69) is 10.4 Å². The summed E-state index contributed by atoms with van der Waals surface area (Å²) in [6.07, 6.45) is 1.23. The standard InChI is InChI=1S/C12H11ClN4O4/c1-21-9-4-2-8(3-5-9)14-11(18)7-16-6-10(13)12(15-16)17(19)20/h2-6H,7H2,1H3,(H,14,18). The lowest BCUT2D eigenvalue weighted by atomic mass is 10.3. The third kappa shape index (κ3) is 3.69. The highest BCUT2D eigenvalue weighted by Gasteiger charge is 2.20. The number of carbonyl (C=O) groups is 1. The number of halogens is 1. The predicted octanol–water partition coefficient (Wildman–Crippen LogP) is 2.09. The van der Waals surface area contributed by atoms with E-state index in [4.69, 9.17) is 16.3 Å². The average molecular weight is 311 g/mol. The van der Waals surface area contributed by atoms with E-state index in [1.165, 1.54) is 6.20 Å². The topological polar surface area (TPSA) is 99.3 Å². The zero-order valence-electron chi connectivity index (χ0n) is 10.9. The second-order valence-corrected chi connectivity index (χ2v) is 4.44. The van der Waals surface area contributed by atoms with E-state index in [1.54, 1.807) is 31.4 Å². The molecule has 110 valence electrons. The monoisotopic (exact) mass is 310 g/mol. The molecule has 2 rings (SSSR count). The summed E-state index contributed by atoms with van der Waals surface area (Å²) in [5.74, 6) is -0.189. The van der Waals surface area contributed by atoms with Crippen LogP contribution in [0.4, 0.5) is 11.5 Å². The molecule has 0 radical (unpaired) electrons. The minimum atomic E-state index is -0.708. The van der Waals surface area contributed by atoms with Crippen LogP contribution in [0, 0.1) is 10.1 Å². The first-order valence-corrected chi connectivity index (χ1v) is 6.18. The fourth-order valence-corrected chi connectivity index (χ4v) is 1.83. The van der Waals surface area contributed by atoms with Gasteiger partial charge in [-0.1, -0.05) is 11.6 Å². The summed E-state index contributed by atoms with van der Waals surface area (Å²) in [5.41, 5.74) is 0.577. The number of hydrogen-bond donors (Lipinski definition) is 1. The molecule has 0 saturated carbocycles. The Balaban J connectivity index is 2.01. The number of anilines is 1. The van der Waals surface area contributed by atoms with Crippen LogP contribution in [-0.2, 0) is 11.3 Å². The van der Waals surface area contributed by atoms with Gasteiger partial charge in [-0.2, -0.15) is 4.68 Å². The van der Waals surface area contributed by atoms with Crippen LogP contribution in [0.1, 0.15) is 0 Å². The molecule has 1 heterocycles. The number of methoxy groups -OCH3 is 1. The van der Waals surface area contributed by atoms with Crippen molar-refractivity contribution in [1.29, 1.82) is 0 Å². The second kappa shape index (κ2) is 6.23. The molecule has 0 spiro atoms. The fraction of sp³-hybridized carbons (Fsp3) is 0.167. The maximum atomic E-state index is 11.8. The van der Waals surface area contributed by atoms with Gasteiger partial charge in [-0.15, -0.1) is 0 Å². The molecular formula is C12H11ClN4O4. The number of aromatic nitrogens is 2. The highest BCUT2D eigenvalue weighted by Crippen LogP contribution is 2.21. The second-order valence-electron chi connectivity index (χ2n) is 4.03. The van der Waals surface area contributed by atoms with Gasteiger partial charge in [0, 0.05) is 5.69 Å². The molecular weight excluding hydrogens is 300 g/mol. The summed E-state index contributed by atoms with van der Waals surface area (Å²) in [6.45, 7) is -0.181. The van der Waals surface area contributed by atoms with Crippen LogP contribution >= 0.6 is 11.6 Å². The largest absolute Gasteiger partial charge is 0.497 e. The Labute approximate surface area is 124 Å². The van der Waals surface area contributed by atoms with Crippen molar-refractivity contribution in [2.24, 2.45) is 0 Å². The average Bonchev–Trinajstić information content (AvgIpc) is 2.80. The predicted molar refractivity (Wildman–Crippen MR) is 75.5 cm³/mol. The molecule has 0 atom stereocenters. The first-order valence-electron chi connectivity index (χ1n) is 5.81. The Morgan fingerprint density at radius 3 is 2.67 bits per heavy atom. The molecule has 0 aliphatic rings. The normalized spacial score (nSPS) is 10.2. The molecule has 0 saturated heterocycles. The summed E-state index contributed by atoms with van der Waals surface area (Å²) in [4.78, 5) is 21.7. The van der Waals surface area contributed by atoms with Crippen LogP contribution in [0.15, 0.2) is 30.5 Å². The van der Waals surface area contributed by atoms with Gasteiger partial charge in [-0.3, -0.25) is 4.79 Å². The smallest absolute Gasteiger partial charge is 0.408 e. The minimum absolute atomic E-state index is 0.114. The SMILES string of the molecule is COc1ccc(NC(=O)Cn2cc(Cl)c([N+](=O)[O-])n2)cc1. The van der Waals surface area contributed by atoms with Crippen LogP contribution in [0.5, 0.6) is 5.75 Å². The van der Waals surface area contributed by atoms with Gasteiger partial charge in [0.15, 0.2) is 5.02 Å². The number of hydrogen-bond acceptors (Lipinski definition) is 5. The van der Waals surface area contributed by atoms with Crippen LogP contribution in [-0.4, -0.2) is 27.7 Å². The minimum Gasteiger partial charge on any atom is -0.497 e. The number of benzene rings is 1. The van der Waals surface area contributed by atoms with E-state index < -0.39 is 10.7 Å². The number of nitrogens with one attached hydrogen (secondary N) is 1. The Bertz CT molecular complexity index is 668. The molecule has 2 aromatic rings. The number of nitrogens with zero attached hydrogens (tertiary/aromatic N) is 3. The first kappa shape index (κ1) is 14.8. The number of ether oxygens (including phenoxy) is 1. The molecule has 0 bridgehead atoms. The van der Waals surface area contributed by atoms with Gasteiger partial charge in [0.2, 0.25) is 5.91 Å². The molecule has 0 unspecified atom stereocenters. The van der Waals surface area contributed by atoms with E-state index in [0.29, 0.717) is 11.4 Å². The maximum absolute atomic E-state index is 11.8. The summed E-state index contributed by atoms with van der Waals surface area (Å²) in [6, 6.07) is 6.75. The van der Waals surface area contributed by atoms with Crippen molar-refractivity contribution in [2.45, 2.75) is 6.54 Å². The zero-order chi connectivity index (χ0) is 15.4. The van der Waals surface area contributed by atoms with Gasteiger partial charge in [-0.25, -0.2) is 0 Å². The molecule has 0 aliphatic heterocycles. The van der Waals surface area contributed by atoms with E-state index in [9.17, 15) is 14.9 Å². The molecule has 1 aromatic heterocycles. The van der Waals surface area contributed by atoms with Crippen molar-refractivity contribution < 1.29 is 14.5 Å². The quantitative estimate of drug-likeness (QED) is 0.673. The molecule has 9 heteroatoms. The van der Waals surface area contributed by atoms with E-state index >= 15 is 0 Å². The zero-order valence-corrected chi connectivity index (χ0v) is 11.7. The number of nitro groups is 1. The third-order valence-corrected chi connectivity index (χ3v) is 2.82. The van der Waals surface area contributed by atoms with Crippen molar-refractivity contribution in [3.05, 3.63) is 45.6 Å². The van der Waals surface area contributed by atoms with E-state index in [0.717, 1.165) is 4.68 Å². The van der Waals surface area contributed by atoms with Crippen molar-refractivity contribution in [1.82, 2.24) is 9.78 Å². The Kier molecular flexibility index (Phi) is 4.39. The Hall–Kier alpha value is -2.61. The van der Waals surface area contributed by atoms with Gasteiger partial charge >= 0.3 is 5.82 Å². The lowest BCUT2D eigenvalue weighted by Gasteiger charge is -2.05. The van der Waals surface area contributed by atoms with Crippen molar-refractivity contribution in [3.63, 3.8) is 0 Å². The molecule has 1 amide bonds. The summed E-state index contributed by atoms with van der Waals surface area (Å²) < 4.78 is 6.11. The van der Waals surface area contributed by atoms with E-state index in [1.807, 2.05) is 0 Å². The number of rotatable bonds is 5. The Morgan fingerprint density at radius 1 is 1.48 bits per heavy atom. The van der Waals surface area contributed by atoms with Gasteiger partial charge in [-0.05, 0) is 29.2 Å². The molecule has 1 aromatic carbocycles.